The van der Waals surface area contributed by atoms with E-state index in [4.69, 9.17) is 10.5 Å². The van der Waals surface area contributed by atoms with Gasteiger partial charge in [-0.1, -0.05) is 13.0 Å². The van der Waals surface area contributed by atoms with Crippen LogP contribution in [0.15, 0.2) is 17.5 Å². The predicted octanol–water partition coefficient (Wildman–Crippen LogP) is 0.975. The van der Waals surface area contributed by atoms with E-state index in [2.05, 4.69) is 21.7 Å². The largest absolute Gasteiger partial charge is 0.379 e. The summed E-state index contributed by atoms with van der Waals surface area (Å²) in [5.41, 5.74) is 5.76. The summed E-state index contributed by atoms with van der Waals surface area (Å²) in [4.78, 5) is 15.5. The fourth-order valence-electron chi connectivity index (χ4n) is 2.29. The molecule has 0 radical (unpaired) electrons. The Morgan fingerprint density at radius 3 is 2.90 bits per heavy atom. The van der Waals surface area contributed by atoms with Crippen LogP contribution in [0.4, 0.5) is 0 Å². The van der Waals surface area contributed by atoms with Gasteiger partial charge in [0, 0.05) is 24.5 Å². The van der Waals surface area contributed by atoms with Crippen LogP contribution in [0.25, 0.3) is 0 Å². The van der Waals surface area contributed by atoms with E-state index in [1.807, 2.05) is 13.0 Å². The lowest BCUT2D eigenvalue weighted by atomic mass is 10.1. The number of ether oxygens (including phenoxy) is 1. The van der Waals surface area contributed by atoms with Gasteiger partial charge < -0.3 is 15.8 Å². The number of carbonyl (C=O) groups excluding carboxylic acids is 1. The monoisotopic (exact) mass is 297 g/mol. The van der Waals surface area contributed by atoms with Crippen molar-refractivity contribution in [3.8, 4) is 0 Å². The minimum atomic E-state index is -0.413. The van der Waals surface area contributed by atoms with Crippen molar-refractivity contribution in [1.29, 1.82) is 0 Å². The average Bonchev–Trinajstić information content (AvgIpc) is 3.01. The molecule has 5 nitrogen and oxygen atoms in total. The molecule has 0 aromatic carbocycles. The lowest BCUT2D eigenvalue weighted by Crippen LogP contribution is -2.46. The smallest absolute Gasteiger partial charge is 0.236 e. The Bertz CT molecular complexity index is 405. The number of carbonyl (C=O) groups is 1. The van der Waals surface area contributed by atoms with Crippen molar-refractivity contribution in [2.45, 2.75) is 25.4 Å². The van der Waals surface area contributed by atoms with Crippen LogP contribution in [0, 0.1) is 0 Å². The third-order valence-corrected chi connectivity index (χ3v) is 4.58. The van der Waals surface area contributed by atoms with Gasteiger partial charge in [-0.25, -0.2) is 0 Å². The highest BCUT2D eigenvalue weighted by molar-refractivity contribution is 7.10. The first kappa shape index (κ1) is 15.4. The number of rotatable bonds is 6. The van der Waals surface area contributed by atoms with E-state index in [9.17, 15) is 4.79 Å². The molecule has 0 saturated carbocycles. The molecule has 2 heterocycles. The van der Waals surface area contributed by atoms with Gasteiger partial charge in [0.25, 0.3) is 0 Å². The fourth-order valence-corrected chi connectivity index (χ4v) is 3.15. The Kier molecular flexibility index (Phi) is 5.97. The van der Waals surface area contributed by atoms with Crippen molar-refractivity contribution in [3.05, 3.63) is 22.4 Å². The molecule has 0 bridgehead atoms. The summed E-state index contributed by atoms with van der Waals surface area (Å²) < 4.78 is 5.40. The maximum Gasteiger partial charge on any atom is 0.236 e. The third kappa shape index (κ3) is 4.02. The molecule has 20 heavy (non-hydrogen) atoms. The molecule has 3 N–H and O–H groups in total. The highest BCUT2D eigenvalue weighted by Crippen LogP contribution is 2.25. The molecule has 2 unspecified atom stereocenters. The summed E-state index contributed by atoms with van der Waals surface area (Å²) in [5, 5.41) is 5.05. The average molecular weight is 297 g/mol. The first-order valence-corrected chi connectivity index (χ1v) is 7.98. The fraction of sp³-hybridized carbons (Fsp3) is 0.643. The van der Waals surface area contributed by atoms with Crippen molar-refractivity contribution in [3.63, 3.8) is 0 Å². The van der Waals surface area contributed by atoms with Gasteiger partial charge in [0.2, 0.25) is 5.91 Å². The van der Waals surface area contributed by atoms with Gasteiger partial charge in [-0.05, 0) is 17.9 Å². The van der Waals surface area contributed by atoms with Gasteiger partial charge in [0.1, 0.15) is 0 Å². The number of hydrogen-bond acceptors (Lipinski definition) is 5. The van der Waals surface area contributed by atoms with Crippen LogP contribution in [-0.4, -0.2) is 49.7 Å². The van der Waals surface area contributed by atoms with Crippen molar-refractivity contribution in [1.82, 2.24) is 10.2 Å². The Balaban J connectivity index is 1.98. The first-order valence-electron chi connectivity index (χ1n) is 7.11. The zero-order valence-electron chi connectivity index (χ0n) is 11.9. The van der Waals surface area contributed by atoms with E-state index in [0.717, 1.165) is 26.3 Å². The second-order valence-corrected chi connectivity index (χ2v) is 5.92. The normalized spacial score (nSPS) is 19.5. The summed E-state index contributed by atoms with van der Waals surface area (Å²) >= 11 is 1.73. The van der Waals surface area contributed by atoms with E-state index in [0.29, 0.717) is 13.0 Å². The first-order chi connectivity index (χ1) is 9.72. The maximum absolute atomic E-state index is 11.9. The number of amides is 1. The van der Waals surface area contributed by atoms with Crippen LogP contribution < -0.4 is 11.1 Å². The molecule has 2 atom stereocenters. The molecule has 1 fully saturated rings. The molecule has 1 amide bonds. The highest BCUT2D eigenvalue weighted by atomic mass is 32.1. The molecule has 1 aliphatic rings. The molecule has 1 aromatic heterocycles. The van der Waals surface area contributed by atoms with Crippen LogP contribution in [0.2, 0.25) is 0 Å². The standard InChI is InChI=1S/C14H23N3O2S/c1-2-11(15)14(18)16-10-12(13-4-3-9-20-13)17-5-7-19-8-6-17/h3-4,9,11-12H,2,5-8,10,15H2,1H3,(H,16,18). The molecule has 0 spiro atoms. The van der Waals surface area contributed by atoms with Crippen LogP contribution in [0.3, 0.4) is 0 Å². The van der Waals surface area contributed by atoms with Crippen molar-refractivity contribution < 1.29 is 9.53 Å². The molecule has 1 aromatic rings. The zero-order valence-corrected chi connectivity index (χ0v) is 12.7. The Hall–Kier alpha value is -0.950. The van der Waals surface area contributed by atoms with Gasteiger partial charge in [-0.15, -0.1) is 11.3 Å². The quantitative estimate of drug-likeness (QED) is 0.821. The third-order valence-electron chi connectivity index (χ3n) is 3.60. The Morgan fingerprint density at radius 2 is 2.30 bits per heavy atom. The van der Waals surface area contributed by atoms with Crippen molar-refractivity contribution >= 4 is 17.2 Å². The predicted molar refractivity (Wildman–Crippen MR) is 80.7 cm³/mol. The second-order valence-electron chi connectivity index (χ2n) is 4.94. The highest BCUT2D eigenvalue weighted by Gasteiger charge is 2.24. The van der Waals surface area contributed by atoms with Crippen molar-refractivity contribution in [2.75, 3.05) is 32.8 Å². The number of nitrogens with two attached hydrogens (primary N) is 1. The van der Waals surface area contributed by atoms with Gasteiger partial charge in [-0.3, -0.25) is 9.69 Å². The molecule has 112 valence electrons. The number of nitrogens with one attached hydrogen (secondary N) is 1. The Labute approximate surface area is 124 Å². The van der Waals surface area contributed by atoms with Crippen LogP contribution in [0.5, 0.6) is 0 Å². The van der Waals surface area contributed by atoms with E-state index in [1.54, 1.807) is 11.3 Å². The van der Waals surface area contributed by atoms with Gasteiger partial charge in [-0.2, -0.15) is 0 Å². The summed E-state index contributed by atoms with van der Waals surface area (Å²) in [6.45, 7) is 5.83. The topological polar surface area (TPSA) is 67.6 Å². The lowest BCUT2D eigenvalue weighted by molar-refractivity contribution is -0.122. The molecule has 6 heteroatoms. The number of morpholine rings is 1. The lowest BCUT2D eigenvalue weighted by Gasteiger charge is -2.34. The molecular weight excluding hydrogens is 274 g/mol. The zero-order chi connectivity index (χ0) is 14.4. The molecule has 2 rings (SSSR count). The number of nitrogens with zero attached hydrogens (tertiary/aromatic N) is 1. The second kappa shape index (κ2) is 7.73. The van der Waals surface area contributed by atoms with E-state index in [1.165, 1.54) is 4.88 Å². The van der Waals surface area contributed by atoms with E-state index >= 15 is 0 Å². The minimum absolute atomic E-state index is 0.0673. The van der Waals surface area contributed by atoms with Crippen LogP contribution in [0.1, 0.15) is 24.3 Å². The van der Waals surface area contributed by atoms with Crippen LogP contribution >= 0.6 is 11.3 Å². The molecule has 0 aliphatic carbocycles. The Morgan fingerprint density at radius 1 is 1.55 bits per heavy atom. The summed E-state index contributed by atoms with van der Waals surface area (Å²) in [6, 6.07) is 3.97. The van der Waals surface area contributed by atoms with Crippen LogP contribution in [-0.2, 0) is 9.53 Å². The molecular formula is C14H23N3O2S. The molecule has 1 aliphatic heterocycles. The number of hydrogen-bond donors (Lipinski definition) is 2. The van der Waals surface area contributed by atoms with E-state index < -0.39 is 6.04 Å². The minimum Gasteiger partial charge on any atom is -0.379 e. The van der Waals surface area contributed by atoms with Gasteiger partial charge in [0.15, 0.2) is 0 Å². The maximum atomic E-state index is 11.9. The van der Waals surface area contributed by atoms with Gasteiger partial charge in [0.05, 0.1) is 25.3 Å². The van der Waals surface area contributed by atoms with Gasteiger partial charge >= 0.3 is 0 Å². The van der Waals surface area contributed by atoms with E-state index in [-0.39, 0.29) is 11.9 Å². The SMILES string of the molecule is CCC(N)C(=O)NCC(c1cccs1)N1CCOCC1. The molecule has 1 saturated heterocycles. The summed E-state index contributed by atoms with van der Waals surface area (Å²) in [7, 11) is 0. The summed E-state index contributed by atoms with van der Waals surface area (Å²) in [6.07, 6.45) is 0.660. The van der Waals surface area contributed by atoms with Crippen molar-refractivity contribution in [2.24, 2.45) is 5.73 Å². The number of thiophene rings is 1. The summed E-state index contributed by atoms with van der Waals surface area (Å²) in [5.74, 6) is -0.0673.